The van der Waals surface area contributed by atoms with Gasteiger partial charge in [0.05, 0.1) is 11.7 Å². The van der Waals surface area contributed by atoms with E-state index in [1.54, 1.807) is 0 Å². The summed E-state index contributed by atoms with van der Waals surface area (Å²) < 4.78 is 5.35. The molecule has 6 heteroatoms. The summed E-state index contributed by atoms with van der Waals surface area (Å²) in [5, 5.41) is 10.8. The number of rotatable bonds is 6. The molecule has 5 nitrogen and oxygen atoms in total. The van der Waals surface area contributed by atoms with E-state index in [0.717, 1.165) is 24.0 Å². The molecule has 138 valence electrons. The first-order valence-corrected chi connectivity index (χ1v) is 8.57. The van der Waals surface area contributed by atoms with Crippen LogP contribution in [-0.2, 0) is 6.54 Å². The van der Waals surface area contributed by atoms with Crippen LogP contribution in [0.15, 0.2) is 39.8 Å². The Morgan fingerprint density at radius 2 is 1.96 bits per heavy atom. The van der Waals surface area contributed by atoms with Crippen molar-refractivity contribution in [3.8, 4) is 0 Å². The van der Waals surface area contributed by atoms with Crippen LogP contribution in [0.2, 0.25) is 0 Å². The van der Waals surface area contributed by atoms with Crippen molar-refractivity contribution in [1.82, 2.24) is 15.8 Å². The highest BCUT2D eigenvalue weighted by atomic mass is 127. The maximum atomic E-state index is 5.35. The van der Waals surface area contributed by atoms with E-state index in [4.69, 9.17) is 4.52 Å². The van der Waals surface area contributed by atoms with E-state index in [-0.39, 0.29) is 30.0 Å². The summed E-state index contributed by atoms with van der Waals surface area (Å²) in [6.07, 6.45) is 0. The van der Waals surface area contributed by atoms with Crippen molar-refractivity contribution in [3.63, 3.8) is 0 Å². The Kier molecular flexibility index (Phi) is 8.96. The fourth-order valence-electron chi connectivity index (χ4n) is 2.51. The fourth-order valence-corrected chi connectivity index (χ4v) is 2.51. The van der Waals surface area contributed by atoms with Gasteiger partial charge in [-0.25, -0.2) is 4.99 Å². The van der Waals surface area contributed by atoms with Crippen LogP contribution in [0.3, 0.4) is 0 Å². The zero-order valence-electron chi connectivity index (χ0n) is 15.7. The molecule has 0 aliphatic heterocycles. The van der Waals surface area contributed by atoms with Gasteiger partial charge in [-0.15, -0.1) is 24.0 Å². The van der Waals surface area contributed by atoms with Crippen molar-refractivity contribution in [2.75, 3.05) is 6.54 Å². The third-order valence-electron chi connectivity index (χ3n) is 3.91. The molecule has 0 fully saturated rings. The van der Waals surface area contributed by atoms with E-state index < -0.39 is 0 Å². The van der Waals surface area contributed by atoms with Crippen LogP contribution < -0.4 is 10.6 Å². The smallest absolute Gasteiger partial charge is 0.192 e. The molecule has 0 radical (unpaired) electrons. The van der Waals surface area contributed by atoms with Gasteiger partial charge in [0.1, 0.15) is 6.54 Å². The summed E-state index contributed by atoms with van der Waals surface area (Å²) in [6.45, 7) is 11.8. The molecular weight excluding hydrogens is 427 g/mol. The Labute approximate surface area is 167 Å². The summed E-state index contributed by atoms with van der Waals surface area (Å²) in [7, 11) is 0. The lowest BCUT2D eigenvalue weighted by atomic mass is 10.0. The minimum absolute atomic E-state index is 0. The molecule has 2 N–H and O–H groups in total. The molecule has 2 rings (SSSR count). The van der Waals surface area contributed by atoms with Gasteiger partial charge in [0, 0.05) is 12.6 Å². The lowest BCUT2D eigenvalue weighted by Gasteiger charge is -2.19. The number of benzene rings is 1. The average molecular weight is 456 g/mol. The van der Waals surface area contributed by atoms with Gasteiger partial charge in [-0.3, -0.25) is 0 Å². The summed E-state index contributed by atoms with van der Waals surface area (Å²) >= 11 is 0. The molecule has 0 spiro atoms. The Morgan fingerprint density at radius 3 is 2.56 bits per heavy atom. The third kappa shape index (κ3) is 6.34. The van der Waals surface area contributed by atoms with Crippen LogP contribution in [-0.4, -0.2) is 17.7 Å². The highest BCUT2D eigenvalue weighted by molar-refractivity contribution is 14.0. The lowest BCUT2D eigenvalue weighted by molar-refractivity contribution is 0.376. The number of aromatic nitrogens is 1. The number of halogens is 1. The first kappa shape index (κ1) is 21.5. The molecule has 25 heavy (non-hydrogen) atoms. The molecule has 0 bridgehead atoms. The van der Waals surface area contributed by atoms with Gasteiger partial charge in [0.25, 0.3) is 0 Å². The number of nitrogens with zero attached hydrogens (tertiary/aromatic N) is 2. The van der Waals surface area contributed by atoms with Crippen LogP contribution in [0.5, 0.6) is 0 Å². The molecule has 1 aromatic heterocycles. The zero-order chi connectivity index (χ0) is 17.5. The lowest BCUT2D eigenvalue weighted by Crippen LogP contribution is -2.38. The van der Waals surface area contributed by atoms with Gasteiger partial charge in [0.2, 0.25) is 0 Å². The van der Waals surface area contributed by atoms with E-state index >= 15 is 0 Å². The maximum absolute atomic E-state index is 5.35. The monoisotopic (exact) mass is 456 g/mol. The number of aryl methyl sites for hydroxylation is 1. The van der Waals surface area contributed by atoms with Crippen LogP contribution >= 0.6 is 24.0 Å². The molecule has 0 aliphatic rings. The van der Waals surface area contributed by atoms with Gasteiger partial charge in [0.15, 0.2) is 11.7 Å². The third-order valence-corrected chi connectivity index (χ3v) is 3.91. The molecule has 1 unspecified atom stereocenters. The predicted octanol–water partition coefficient (Wildman–Crippen LogP) is 4.54. The zero-order valence-corrected chi connectivity index (χ0v) is 18.0. The summed E-state index contributed by atoms with van der Waals surface area (Å²) in [6, 6.07) is 10.5. The molecule has 0 saturated carbocycles. The maximum Gasteiger partial charge on any atom is 0.192 e. The summed E-state index contributed by atoms with van der Waals surface area (Å²) in [5.41, 5.74) is 3.50. The Hall–Kier alpha value is -1.57. The molecule has 2 aromatic rings. The Balaban J connectivity index is 0.00000312. The quantitative estimate of drug-likeness (QED) is 0.381. The molecular formula is C19H29IN4O. The molecule has 1 aromatic carbocycles. The first-order chi connectivity index (χ1) is 11.5. The molecule has 0 saturated heterocycles. The van der Waals surface area contributed by atoms with E-state index in [2.05, 4.69) is 79.7 Å². The van der Waals surface area contributed by atoms with E-state index in [1.165, 1.54) is 11.1 Å². The number of nitrogens with one attached hydrogen (secondary N) is 2. The molecule has 0 amide bonds. The van der Waals surface area contributed by atoms with E-state index in [9.17, 15) is 0 Å². The highest BCUT2D eigenvalue weighted by Crippen LogP contribution is 2.17. The topological polar surface area (TPSA) is 62.5 Å². The number of hydrogen-bond acceptors (Lipinski definition) is 3. The normalized spacial score (nSPS) is 12.6. The number of guanidine groups is 1. The van der Waals surface area contributed by atoms with Crippen molar-refractivity contribution >= 4 is 29.9 Å². The summed E-state index contributed by atoms with van der Waals surface area (Å²) in [4.78, 5) is 4.61. The van der Waals surface area contributed by atoms with Gasteiger partial charge in [-0.1, -0.05) is 43.3 Å². The fraction of sp³-hybridized carbons (Fsp3) is 0.474. The van der Waals surface area contributed by atoms with Crippen molar-refractivity contribution < 1.29 is 4.52 Å². The summed E-state index contributed by atoms with van der Waals surface area (Å²) in [5.74, 6) is 1.91. The van der Waals surface area contributed by atoms with Crippen LogP contribution in [0.25, 0.3) is 0 Å². The van der Waals surface area contributed by atoms with E-state index in [0.29, 0.717) is 12.5 Å². The molecule has 0 aliphatic carbocycles. The van der Waals surface area contributed by atoms with Crippen molar-refractivity contribution in [3.05, 3.63) is 52.9 Å². The van der Waals surface area contributed by atoms with Crippen molar-refractivity contribution in [1.29, 1.82) is 0 Å². The molecule has 1 atom stereocenters. The van der Waals surface area contributed by atoms with Crippen LogP contribution in [0.4, 0.5) is 0 Å². The SMILES string of the molecule is CCNC(=NCc1cc(C(C)C)no1)NC(C)c1ccccc1C.I. The standard InChI is InChI=1S/C19H28N4O.HI/c1-6-20-19(21-12-16-11-18(13(2)3)23-24-16)22-15(5)17-10-8-7-9-14(17)4;/h7-11,13,15H,6,12H2,1-5H3,(H2,20,21,22);1H. The van der Waals surface area contributed by atoms with Gasteiger partial charge in [-0.2, -0.15) is 0 Å². The Morgan fingerprint density at radius 1 is 1.24 bits per heavy atom. The van der Waals surface area contributed by atoms with Crippen molar-refractivity contribution in [2.24, 2.45) is 4.99 Å². The van der Waals surface area contributed by atoms with Gasteiger partial charge in [-0.05, 0) is 37.8 Å². The van der Waals surface area contributed by atoms with Crippen LogP contribution in [0, 0.1) is 6.92 Å². The highest BCUT2D eigenvalue weighted by Gasteiger charge is 2.11. The largest absolute Gasteiger partial charge is 0.359 e. The van der Waals surface area contributed by atoms with Gasteiger partial charge < -0.3 is 15.2 Å². The number of aliphatic imine (C=N–C) groups is 1. The second kappa shape index (κ2) is 10.4. The Bertz CT molecular complexity index is 682. The van der Waals surface area contributed by atoms with Crippen LogP contribution in [0.1, 0.15) is 62.2 Å². The number of hydrogen-bond donors (Lipinski definition) is 2. The minimum Gasteiger partial charge on any atom is -0.359 e. The first-order valence-electron chi connectivity index (χ1n) is 8.57. The average Bonchev–Trinajstić information content (AvgIpc) is 3.02. The van der Waals surface area contributed by atoms with E-state index in [1.807, 2.05) is 6.07 Å². The molecule has 1 heterocycles. The minimum atomic E-state index is 0. The second-order valence-corrected chi connectivity index (χ2v) is 6.29. The second-order valence-electron chi connectivity index (χ2n) is 6.29. The predicted molar refractivity (Wildman–Crippen MR) is 114 cm³/mol. The van der Waals surface area contributed by atoms with Crippen molar-refractivity contribution in [2.45, 2.75) is 53.1 Å². The van der Waals surface area contributed by atoms with Gasteiger partial charge >= 0.3 is 0 Å².